The van der Waals surface area contributed by atoms with Crippen LogP contribution in [-0.2, 0) is 6.54 Å². The normalized spacial score (nSPS) is 10.9. The van der Waals surface area contributed by atoms with E-state index in [1.54, 1.807) is 11.5 Å². The number of hydrogen-bond donors (Lipinski definition) is 0. The van der Waals surface area contributed by atoms with Gasteiger partial charge >= 0.3 is 0 Å². The van der Waals surface area contributed by atoms with Crippen LogP contribution in [0, 0.1) is 12.7 Å². The number of nitrogens with zero attached hydrogens (tertiary/aromatic N) is 2. The summed E-state index contributed by atoms with van der Waals surface area (Å²) in [6, 6.07) is 4.04. The van der Waals surface area contributed by atoms with E-state index in [1.165, 1.54) is 18.2 Å². The molecule has 2 aromatic rings. The van der Waals surface area contributed by atoms with Crippen molar-refractivity contribution in [3.05, 3.63) is 40.2 Å². The second kappa shape index (κ2) is 3.46. The van der Waals surface area contributed by atoms with Crippen LogP contribution in [0.2, 0.25) is 0 Å². The summed E-state index contributed by atoms with van der Waals surface area (Å²) in [5.74, 6) is 0.239. The molecular weight excluding hydrogens is 195 g/mol. The van der Waals surface area contributed by atoms with Crippen LogP contribution in [0.25, 0.3) is 10.9 Å². The zero-order valence-electron chi connectivity index (χ0n) is 8.62. The lowest BCUT2D eigenvalue weighted by atomic mass is 10.2. The molecule has 2 rings (SSSR count). The highest BCUT2D eigenvalue weighted by atomic mass is 19.1. The fraction of sp³-hybridized carbons (Fsp3) is 0.273. The number of aromatic nitrogens is 2. The van der Waals surface area contributed by atoms with Gasteiger partial charge in [0, 0.05) is 12.6 Å². The molecule has 0 spiro atoms. The van der Waals surface area contributed by atoms with Crippen molar-refractivity contribution in [2.24, 2.45) is 0 Å². The van der Waals surface area contributed by atoms with E-state index in [9.17, 15) is 9.18 Å². The second-order valence-corrected chi connectivity index (χ2v) is 3.37. The van der Waals surface area contributed by atoms with Crippen molar-refractivity contribution in [2.45, 2.75) is 20.4 Å². The lowest BCUT2D eigenvalue weighted by Gasteiger charge is -2.07. The van der Waals surface area contributed by atoms with Crippen molar-refractivity contribution in [2.75, 3.05) is 0 Å². The van der Waals surface area contributed by atoms with E-state index < -0.39 is 0 Å². The molecule has 0 fully saturated rings. The Morgan fingerprint density at radius 1 is 1.47 bits per heavy atom. The number of rotatable bonds is 1. The standard InChI is InChI=1S/C11H11FN2O/c1-3-14-7(2)13-10-6-8(12)4-5-9(10)11(14)15/h4-6H,3H2,1-2H3. The molecule has 0 bridgehead atoms. The maximum absolute atomic E-state index is 12.9. The van der Waals surface area contributed by atoms with Crippen molar-refractivity contribution in [3.63, 3.8) is 0 Å². The molecule has 15 heavy (non-hydrogen) atoms. The Kier molecular flexibility index (Phi) is 2.26. The Morgan fingerprint density at radius 2 is 2.20 bits per heavy atom. The smallest absolute Gasteiger partial charge is 0.261 e. The lowest BCUT2D eigenvalue weighted by Crippen LogP contribution is -2.22. The van der Waals surface area contributed by atoms with Gasteiger partial charge in [-0.1, -0.05) is 0 Å². The third-order valence-corrected chi connectivity index (χ3v) is 2.42. The average Bonchev–Trinajstić information content (AvgIpc) is 2.17. The Morgan fingerprint density at radius 3 is 2.87 bits per heavy atom. The lowest BCUT2D eigenvalue weighted by molar-refractivity contribution is 0.628. The van der Waals surface area contributed by atoms with Crippen LogP contribution in [-0.4, -0.2) is 9.55 Å². The molecule has 0 amide bonds. The van der Waals surface area contributed by atoms with Crippen LogP contribution >= 0.6 is 0 Å². The fourth-order valence-corrected chi connectivity index (χ4v) is 1.68. The van der Waals surface area contributed by atoms with Crippen molar-refractivity contribution < 1.29 is 4.39 Å². The third-order valence-electron chi connectivity index (χ3n) is 2.42. The van der Waals surface area contributed by atoms with Crippen molar-refractivity contribution in [3.8, 4) is 0 Å². The highest BCUT2D eigenvalue weighted by Crippen LogP contribution is 2.10. The van der Waals surface area contributed by atoms with Gasteiger partial charge in [-0.3, -0.25) is 9.36 Å². The Hall–Kier alpha value is -1.71. The Balaban J connectivity index is 2.91. The molecule has 1 aromatic carbocycles. The molecule has 3 nitrogen and oxygen atoms in total. The summed E-state index contributed by atoms with van der Waals surface area (Å²) in [4.78, 5) is 16.1. The monoisotopic (exact) mass is 206 g/mol. The van der Waals surface area contributed by atoms with Crippen molar-refractivity contribution >= 4 is 10.9 Å². The van der Waals surface area contributed by atoms with Crippen LogP contribution in [0.3, 0.4) is 0 Å². The fourth-order valence-electron chi connectivity index (χ4n) is 1.68. The summed E-state index contributed by atoms with van der Waals surface area (Å²) in [5.41, 5.74) is 0.308. The van der Waals surface area contributed by atoms with Crippen molar-refractivity contribution in [1.29, 1.82) is 0 Å². The number of benzene rings is 1. The molecule has 0 aliphatic heterocycles. The Bertz CT molecular complexity index is 575. The molecule has 0 atom stereocenters. The molecule has 0 N–H and O–H groups in total. The van der Waals surface area contributed by atoms with Gasteiger partial charge in [0.2, 0.25) is 0 Å². The minimum Gasteiger partial charge on any atom is -0.297 e. The van der Waals surface area contributed by atoms with E-state index in [0.29, 0.717) is 23.3 Å². The van der Waals surface area contributed by atoms with Gasteiger partial charge in [-0.2, -0.15) is 0 Å². The van der Waals surface area contributed by atoms with Crippen LogP contribution in [0.5, 0.6) is 0 Å². The van der Waals surface area contributed by atoms with E-state index >= 15 is 0 Å². The first-order valence-electron chi connectivity index (χ1n) is 4.80. The Labute approximate surface area is 86.2 Å². The quantitative estimate of drug-likeness (QED) is 0.713. The van der Waals surface area contributed by atoms with Crippen molar-refractivity contribution in [1.82, 2.24) is 9.55 Å². The van der Waals surface area contributed by atoms with Gasteiger partial charge in [-0.25, -0.2) is 9.37 Å². The largest absolute Gasteiger partial charge is 0.297 e. The zero-order chi connectivity index (χ0) is 11.0. The highest BCUT2D eigenvalue weighted by Gasteiger charge is 2.06. The number of hydrogen-bond acceptors (Lipinski definition) is 2. The maximum Gasteiger partial charge on any atom is 0.261 e. The summed E-state index contributed by atoms with van der Waals surface area (Å²) in [7, 11) is 0. The van der Waals surface area contributed by atoms with Gasteiger partial charge in [0.15, 0.2) is 0 Å². The molecule has 1 aromatic heterocycles. The molecule has 78 valence electrons. The average molecular weight is 206 g/mol. The highest BCUT2D eigenvalue weighted by molar-refractivity contribution is 5.77. The van der Waals surface area contributed by atoms with Crippen LogP contribution < -0.4 is 5.56 Å². The molecule has 1 heterocycles. The van der Waals surface area contributed by atoms with Crippen LogP contribution in [0.4, 0.5) is 4.39 Å². The van der Waals surface area contributed by atoms with E-state index in [4.69, 9.17) is 0 Å². The van der Waals surface area contributed by atoms with Gasteiger partial charge in [-0.05, 0) is 26.0 Å². The van der Waals surface area contributed by atoms with Gasteiger partial charge in [-0.15, -0.1) is 0 Å². The summed E-state index contributed by atoms with van der Waals surface area (Å²) in [6.07, 6.45) is 0. The van der Waals surface area contributed by atoms with Gasteiger partial charge in [0.1, 0.15) is 11.6 Å². The minimum absolute atomic E-state index is 0.111. The molecule has 0 aliphatic rings. The first-order chi connectivity index (χ1) is 7.13. The third kappa shape index (κ3) is 1.52. The van der Waals surface area contributed by atoms with Gasteiger partial charge < -0.3 is 0 Å². The zero-order valence-corrected chi connectivity index (χ0v) is 8.62. The molecule has 0 saturated heterocycles. The predicted molar refractivity (Wildman–Crippen MR) is 56.4 cm³/mol. The van der Waals surface area contributed by atoms with Crippen LogP contribution in [0.15, 0.2) is 23.0 Å². The first-order valence-corrected chi connectivity index (χ1v) is 4.80. The predicted octanol–water partition coefficient (Wildman–Crippen LogP) is 1.86. The first kappa shape index (κ1) is 9.83. The molecule has 0 unspecified atom stereocenters. The molecule has 0 aliphatic carbocycles. The second-order valence-electron chi connectivity index (χ2n) is 3.37. The molecule has 0 radical (unpaired) electrons. The molecule has 0 saturated carbocycles. The summed E-state index contributed by atoms with van der Waals surface area (Å²) in [5, 5.41) is 0.462. The summed E-state index contributed by atoms with van der Waals surface area (Å²) < 4.78 is 14.5. The van der Waals surface area contributed by atoms with E-state index in [1.807, 2.05) is 6.92 Å². The van der Waals surface area contributed by atoms with E-state index in [0.717, 1.165) is 0 Å². The molecular formula is C11H11FN2O. The summed E-state index contributed by atoms with van der Waals surface area (Å²) >= 11 is 0. The van der Waals surface area contributed by atoms with E-state index in [2.05, 4.69) is 4.98 Å². The number of fused-ring (bicyclic) bond motifs is 1. The number of aryl methyl sites for hydroxylation is 1. The van der Waals surface area contributed by atoms with Crippen LogP contribution in [0.1, 0.15) is 12.7 Å². The maximum atomic E-state index is 12.9. The summed E-state index contributed by atoms with van der Waals surface area (Å²) in [6.45, 7) is 4.20. The number of halogens is 1. The minimum atomic E-state index is -0.372. The van der Waals surface area contributed by atoms with Gasteiger partial charge in [0.25, 0.3) is 5.56 Å². The van der Waals surface area contributed by atoms with Gasteiger partial charge in [0.05, 0.1) is 10.9 Å². The topological polar surface area (TPSA) is 34.9 Å². The SMILES string of the molecule is CCn1c(C)nc2cc(F)ccc2c1=O. The van der Waals surface area contributed by atoms with E-state index in [-0.39, 0.29) is 11.4 Å². The molecule has 4 heteroatoms.